The second-order valence-electron chi connectivity index (χ2n) is 14.7. The van der Waals surface area contributed by atoms with Crippen molar-refractivity contribution in [1.29, 1.82) is 0 Å². The highest BCUT2D eigenvalue weighted by molar-refractivity contribution is 7.47. The van der Waals surface area contributed by atoms with Crippen molar-refractivity contribution < 1.29 is 59.0 Å². The SMILES string of the molecule is CCCCCC/C=C\CCCCCCCC(O)CC(=O)NC(COP(=O)(O)OC1C(O)C(O)C(O)C(O)C1O)C(O)/C=C/CC/C=C/CCCCCCC. The predicted molar refractivity (Wildman–Crippen MR) is 210 cm³/mol. The minimum atomic E-state index is -5.14. The molecule has 14 heteroatoms. The number of phosphoric acid groups is 1. The van der Waals surface area contributed by atoms with E-state index in [1.54, 1.807) is 6.08 Å². The molecule has 0 aromatic carbocycles. The van der Waals surface area contributed by atoms with Gasteiger partial charge in [0.2, 0.25) is 5.91 Å². The number of hydrogen-bond donors (Lipinski definition) is 9. The van der Waals surface area contributed by atoms with E-state index in [-0.39, 0.29) is 6.42 Å². The number of allylic oxidation sites excluding steroid dienone is 5. The van der Waals surface area contributed by atoms with Gasteiger partial charge in [0.25, 0.3) is 0 Å². The highest BCUT2D eigenvalue weighted by Gasteiger charge is 2.51. The van der Waals surface area contributed by atoms with Gasteiger partial charge in [0.1, 0.15) is 36.6 Å². The molecule has 1 aliphatic rings. The lowest BCUT2D eigenvalue weighted by atomic mass is 9.85. The summed E-state index contributed by atoms with van der Waals surface area (Å²) in [6.07, 6.45) is 18.3. The average Bonchev–Trinajstić information content (AvgIpc) is 3.14. The van der Waals surface area contributed by atoms with Gasteiger partial charge in [-0.25, -0.2) is 4.57 Å². The minimum Gasteiger partial charge on any atom is -0.393 e. The highest BCUT2D eigenvalue weighted by atomic mass is 31.2. The minimum absolute atomic E-state index is 0.259. The summed E-state index contributed by atoms with van der Waals surface area (Å²) >= 11 is 0. The Morgan fingerprint density at radius 2 is 1.09 bits per heavy atom. The van der Waals surface area contributed by atoms with E-state index in [1.165, 1.54) is 57.4 Å². The largest absolute Gasteiger partial charge is 0.472 e. The van der Waals surface area contributed by atoms with Crippen molar-refractivity contribution in [3.8, 4) is 0 Å². The molecule has 0 saturated heterocycles. The number of unbranched alkanes of at least 4 members (excludes halogenated alkanes) is 15. The Bertz CT molecular complexity index is 1080. The van der Waals surface area contributed by atoms with Crippen LogP contribution in [0, 0.1) is 0 Å². The first-order valence-electron chi connectivity index (χ1n) is 20.5. The average molecular weight is 792 g/mol. The molecule has 1 aliphatic carbocycles. The molecule has 1 saturated carbocycles. The van der Waals surface area contributed by atoms with Gasteiger partial charge in [-0.3, -0.25) is 13.8 Å². The molecule has 54 heavy (non-hydrogen) atoms. The number of carbonyl (C=O) groups is 1. The van der Waals surface area contributed by atoms with Crippen molar-refractivity contribution in [2.45, 2.75) is 204 Å². The molecule has 1 amide bonds. The topological polar surface area (TPSA) is 226 Å². The molecule has 13 nitrogen and oxygen atoms in total. The molecule has 0 aliphatic heterocycles. The lowest BCUT2D eigenvalue weighted by molar-refractivity contribution is -0.220. The van der Waals surface area contributed by atoms with E-state index in [9.17, 15) is 50.0 Å². The molecule has 316 valence electrons. The molecular formula is C40H74NO12P. The summed E-state index contributed by atoms with van der Waals surface area (Å²) < 4.78 is 22.7. The van der Waals surface area contributed by atoms with E-state index < -0.39 is 75.2 Å². The van der Waals surface area contributed by atoms with Crippen LogP contribution in [0.25, 0.3) is 0 Å². The fourth-order valence-electron chi connectivity index (χ4n) is 6.25. The monoisotopic (exact) mass is 791 g/mol. The van der Waals surface area contributed by atoms with Crippen molar-refractivity contribution in [1.82, 2.24) is 5.32 Å². The van der Waals surface area contributed by atoms with Crippen molar-refractivity contribution >= 4 is 13.7 Å². The molecule has 0 aromatic heterocycles. The van der Waals surface area contributed by atoms with Gasteiger partial charge >= 0.3 is 7.82 Å². The Morgan fingerprint density at radius 1 is 0.648 bits per heavy atom. The van der Waals surface area contributed by atoms with Crippen molar-refractivity contribution in [2.24, 2.45) is 0 Å². The van der Waals surface area contributed by atoms with E-state index in [4.69, 9.17) is 9.05 Å². The maximum absolute atomic E-state index is 12.9. The summed E-state index contributed by atoms with van der Waals surface area (Å²) in [5, 5.41) is 74.1. The maximum Gasteiger partial charge on any atom is 0.472 e. The van der Waals surface area contributed by atoms with Gasteiger partial charge in [0.15, 0.2) is 0 Å². The van der Waals surface area contributed by atoms with Crippen LogP contribution in [0.3, 0.4) is 0 Å². The molecule has 8 unspecified atom stereocenters. The zero-order valence-corrected chi connectivity index (χ0v) is 33.8. The van der Waals surface area contributed by atoms with Crippen LogP contribution in [-0.2, 0) is 18.4 Å². The molecule has 0 aromatic rings. The first-order valence-corrected chi connectivity index (χ1v) is 22.0. The summed E-state index contributed by atoms with van der Waals surface area (Å²) in [4.78, 5) is 23.3. The van der Waals surface area contributed by atoms with E-state index in [0.29, 0.717) is 12.8 Å². The Balaban J connectivity index is 2.65. The summed E-state index contributed by atoms with van der Waals surface area (Å²) in [6.45, 7) is 3.64. The molecule has 0 bridgehead atoms. The van der Waals surface area contributed by atoms with Crippen LogP contribution in [0.1, 0.15) is 149 Å². The van der Waals surface area contributed by atoms with Crippen LogP contribution in [0.4, 0.5) is 0 Å². The van der Waals surface area contributed by atoms with Gasteiger partial charge in [-0.2, -0.15) is 0 Å². The number of carbonyl (C=O) groups excluding carboxylic acids is 1. The standard InChI is InChI=1S/C40H74NO12P/c1-3-5-7-9-11-13-15-16-18-19-21-23-25-27-31(42)29-34(44)41-32(33(43)28-26-24-22-20-17-14-12-10-8-6-4-2)30-52-54(50,51)53-40-38(48)36(46)35(45)37(47)39(40)49/h13,15,17,20,26,28,31-33,35-40,42-43,45-49H,3-12,14,16,18-19,21-25,27,29-30H2,1-2H3,(H,41,44)(H,50,51)/b15-13-,20-17+,28-26+. The molecule has 0 radical (unpaired) electrons. The Morgan fingerprint density at radius 3 is 1.65 bits per heavy atom. The Kier molecular flexibility index (Phi) is 28.7. The quantitative estimate of drug-likeness (QED) is 0.0237. The number of nitrogens with one attached hydrogen (secondary N) is 1. The number of amides is 1. The molecule has 0 spiro atoms. The fraction of sp³-hybridized carbons (Fsp3) is 0.825. The maximum atomic E-state index is 12.9. The van der Waals surface area contributed by atoms with Crippen LogP contribution in [0.15, 0.2) is 36.5 Å². The van der Waals surface area contributed by atoms with Crippen molar-refractivity contribution in [2.75, 3.05) is 6.61 Å². The number of aliphatic hydroxyl groups excluding tert-OH is 7. The van der Waals surface area contributed by atoms with Crippen LogP contribution < -0.4 is 5.32 Å². The summed E-state index contributed by atoms with van der Waals surface area (Å²) in [6, 6.07) is -1.26. The number of phosphoric ester groups is 1. The smallest absolute Gasteiger partial charge is 0.393 e. The zero-order valence-electron chi connectivity index (χ0n) is 32.9. The lowest BCUT2D eigenvalue weighted by Crippen LogP contribution is -2.64. The van der Waals surface area contributed by atoms with Crippen LogP contribution in [0.2, 0.25) is 0 Å². The fourth-order valence-corrected chi connectivity index (χ4v) is 7.22. The van der Waals surface area contributed by atoms with Crippen LogP contribution in [0.5, 0.6) is 0 Å². The third-order valence-electron chi connectivity index (χ3n) is 9.70. The summed E-state index contributed by atoms with van der Waals surface area (Å²) in [5.74, 6) is -0.612. The predicted octanol–water partition coefficient (Wildman–Crippen LogP) is 5.41. The zero-order chi connectivity index (χ0) is 40.2. The molecule has 1 rings (SSSR count). The number of hydrogen-bond acceptors (Lipinski definition) is 11. The van der Waals surface area contributed by atoms with E-state index in [0.717, 1.165) is 64.2 Å². The second kappa shape index (κ2) is 30.6. The van der Waals surface area contributed by atoms with Gasteiger partial charge < -0.3 is 46.0 Å². The number of rotatable bonds is 32. The summed E-state index contributed by atoms with van der Waals surface area (Å²) in [7, 11) is -5.14. The van der Waals surface area contributed by atoms with E-state index in [2.05, 4.69) is 43.5 Å². The Labute approximate surface area is 324 Å². The Hall–Kier alpha value is -1.48. The second-order valence-corrected chi connectivity index (χ2v) is 16.1. The third kappa shape index (κ3) is 22.9. The van der Waals surface area contributed by atoms with E-state index in [1.807, 2.05) is 0 Å². The molecular weight excluding hydrogens is 717 g/mol. The van der Waals surface area contributed by atoms with Crippen molar-refractivity contribution in [3.05, 3.63) is 36.5 Å². The molecule has 1 fully saturated rings. The van der Waals surface area contributed by atoms with Gasteiger partial charge in [-0.05, 0) is 57.8 Å². The van der Waals surface area contributed by atoms with Gasteiger partial charge in [0, 0.05) is 0 Å². The van der Waals surface area contributed by atoms with Crippen LogP contribution >= 0.6 is 7.82 Å². The first-order chi connectivity index (χ1) is 25.8. The highest BCUT2D eigenvalue weighted by Crippen LogP contribution is 2.47. The van der Waals surface area contributed by atoms with Gasteiger partial charge in [-0.15, -0.1) is 0 Å². The molecule has 0 heterocycles. The molecule has 8 atom stereocenters. The lowest BCUT2D eigenvalue weighted by Gasteiger charge is -2.41. The number of aliphatic hydroxyl groups is 7. The third-order valence-corrected chi connectivity index (χ3v) is 10.7. The summed E-state index contributed by atoms with van der Waals surface area (Å²) in [5.41, 5.74) is 0. The van der Waals surface area contributed by atoms with Crippen molar-refractivity contribution in [3.63, 3.8) is 0 Å². The normalized spacial score (nSPS) is 25.0. The van der Waals surface area contributed by atoms with E-state index >= 15 is 0 Å². The van der Waals surface area contributed by atoms with Gasteiger partial charge in [-0.1, -0.05) is 121 Å². The first kappa shape index (κ1) is 50.5. The molecule has 9 N–H and O–H groups in total. The van der Waals surface area contributed by atoms with Crippen LogP contribution in [-0.4, -0.2) is 108 Å². The van der Waals surface area contributed by atoms with Gasteiger partial charge in [0.05, 0.1) is 31.3 Å².